The number of methoxy groups -OCH3 is 2. The molecule has 0 spiro atoms. The number of fused-ring (bicyclic) bond motifs is 1. The number of sulfonamides is 1. The third-order valence-corrected chi connectivity index (χ3v) is 7.65. The van der Waals surface area contributed by atoms with Crippen LogP contribution >= 0.6 is 0 Å². The predicted octanol–water partition coefficient (Wildman–Crippen LogP) is 3.26. The lowest BCUT2D eigenvalue weighted by Crippen LogP contribution is -2.35. The number of rotatable bonds is 8. The maximum Gasteiger partial charge on any atom is 0.243 e. The lowest BCUT2D eigenvalue weighted by atomic mass is 10.2. The zero-order chi connectivity index (χ0) is 23.4. The van der Waals surface area contributed by atoms with Crippen LogP contribution in [-0.2, 0) is 21.4 Å². The van der Waals surface area contributed by atoms with Crippen LogP contribution in [0.4, 0.5) is 5.69 Å². The third kappa shape index (κ3) is 5.12. The number of carbonyl (C=O) groups is 1. The average molecular weight is 473 g/mol. The first-order chi connectivity index (χ1) is 15.9. The number of amides is 1. The van der Waals surface area contributed by atoms with Gasteiger partial charge in [0, 0.05) is 49.9 Å². The van der Waals surface area contributed by atoms with Crippen molar-refractivity contribution in [3.8, 4) is 11.5 Å². The number of piperidine rings is 1. The molecule has 3 aromatic rings. The SMILES string of the molecule is COc1cc(NC(=O)CCn2cnc3cc(S(=O)(=O)N4CCCCC4)ccc32)cc(OC)c1. The maximum atomic E-state index is 12.9. The van der Waals surface area contributed by atoms with E-state index in [-0.39, 0.29) is 17.2 Å². The quantitative estimate of drug-likeness (QED) is 0.540. The van der Waals surface area contributed by atoms with Gasteiger partial charge in [0.15, 0.2) is 0 Å². The molecule has 33 heavy (non-hydrogen) atoms. The fourth-order valence-corrected chi connectivity index (χ4v) is 5.50. The molecule has 1 aromatic heterocycles. The van der Waals surface area contributed by atoms with E-state index in [0.717, 1.165) is 24.8 Å². The van der Waals surface area contributed by atoms with Gasteiger partial charge in [-0.3, -0.25) is 4.79 Å². The van der Waals surface area contributed by atoms with Gasteiger partial charge >= 0.3 is 0 Å². The molecule has 2 heterocycles. The van der Waals surface area contributed by atoms with Crippen molar-refractivity contribution in [3.05, 3.63) is 42.7 Å². The van der Waals surface area contributed by atoms with Crippen molar-refractivity contribution in [2.75, 3.05) is 32.6 Å². The number of aromatic nitrogens is 2. The predicted molar refractivity (Wildman–Crippen MR) is 125 cm³/mol. The number of imidazole rings is 1. The van der Waals surface area contributed by atoms with Gasteiger partial charge in [-0.15, -0.1) is 0 Å². The molecule has 1 saturated heterocycles. The number of nitrogens with one attached hydrogen (secondary N) is 1. The van der Waals surface area contributed by atoms with E-state index in [1.165, 1.54) is 0 Å². The maximum absolute atomic E-state index is 12.9. The molecule has 176 valence electrons. The van der Waals surface area contributed by atoms with Gasteiger partial charge in [0.2, 0.25) is 15.9 Å². The van der Waals surface area contributed by atoms with Gasteiger partial charge in [-0.05, 0) is 31.0 Å². The van der Waals surface area contributed by atoms with Crippen molar-refractivity contribution < 1.29 is 22.7 Å². The normalized spacial score (nSPS) is 14.8. The van der Waals surface area contributed by atoms with Crippen LogP contribution in [0.1, 0.15) is 25.7 Å². The van der Waals surface area contributed by atoms with Crippen LogP contribution in [0.3, 0.4) is 0 Å². The minimum Gasteiger partial charge on any atom is -0.497 e. The Morgan fingerprint density at radius 1 is 1.03 bits per heavy atom. The van der Waals surface area contributed by atoms with E-state index in [9.17, 15) is 13.2 Å². The van der Waals surface area contributed by atoms with Gasteiger partial charge in [0.1, 0.15) is 11.5 Å². The van der Waals surface area contributed by atoms with Crippen molar-refractivity contribution in [2.24, 2.45) is 0 Å². The van der Waals surface area contributed by atoms with Gasteiger partial charge in [0.05, 0.1) is 36.5 Å². The summed E-state index contributed by atoms with van der Waals surface area (Å²) in [6, 6.07) is 10.1. The second-order valence-corrected chi connectivity index (χ2v) is 9.89. The summed E-state index contributed by atoms with van der Waals surface area (Å²) < 4.78 is 39.7. The van der Waals surface area contributed by atoms with Crippen LogP contribution in [0.5, 0.6) is 11.5 Å². The van der Waals surface area contributed by atoms with Crippen LogP contribution in [0.2, 0.25) is 0 Å². The van der Waals surface area contributed by atoms with E-state index >= 15 is 0 Å². The number of benzene rings is 2. The molecule has 2 aromatic carbocycles. The van der Waals surface area contributed by atoms with Gasteiger partial charge in [0.25, 0.3) is 0 Å². The molecule has 0 aliphatic carbocycles. The smallest absolute Gasteiger partial charge is 0.243 e. The molecule has 1 N–H and O–H groups in total. The Labute approximate surface area is 193 Å². The molecule has 9 nitrogen and oxygen atoms in total. The molecular formula is C23H28N4O5S. The summed E-state index contributed by atoms with van der Waals surface area (Å²) in [7, 11) is -0.418. The van der Waals surface area contributed by atoms with Crippen LogP contribution in [0.25, 0.3) is 11.0 Å². The number of carbonyl (C=O) groups excluding carboxylic acids is 1. The highest BCUT2D eigenvalue weighted by atomic mass is 32.2. The first kappa shape index (κ1) is 23.1. The molecule has 0 saturated carbocycles. The van der Waals surface area contributed by atoms with Crippen LogP contribution in [-0.4, -0.2) is 55.5 Å². The Morgan fingerprint density at radius 3 is 2.39 bits per heavy atom. The Hall–Kier alpha value is -3.11. The summed E-state index contributed by atoms with van der Waals surface area (Å²) >= 11 is 0. The van der Waals surface area contributed by atoms with E-state index in [0.29, 0.717) is 42.3 Å². The van der Waals surface area contributed by atoms with E-state index in [4.69, 9.17) is 9.47 Å². The molecular weight excluding hydrogens is 444 g/mol. The molecule has 4 rings (SSSR count). The minimum absolute atomic E-state index is 0.170. The molecule has 0 atom stereocenters. The topological polar surface area (TPSA) is 103 Å². The molecule has 0 radical (unpaired) electrons. The van der Waals surface area contributed by atoms with E-state index < -0.39 is 10.0 Å². The second kappa shape index (κ2) is 9.80. The molecule has 1 aliphatic rings. The highest BCUT2D eigenvalue weighted by molar-refractivity contribution is 7.89. The van der Waals surface area contributed by atoms with Gasteiger partial charge < -0.3 is 19.4 Å². The van der Waals surface area contributed by atoms with Gasteiger partial charge in [-0.2, -0.15) is 4.31 Å². The molecule has 0 unspecified atom stereocenters. The zero-order valence-electron chi connectivity index (χ0n) is 18.8. The fourth-order valence-electron chi connectivity index (χ4n) is 3.96. The molecule has 10 heteroatoms. The summed E-state index contributed by atoms with van der Waals surface area (Å²) in [5.74, 6) is 0.998. The molecule has 1 amide bonds. The summed E-state index contributed by atoms with van der Waals surface area (Å²) in [6.07, 6.45) is 4.69. The number of anilines is 1. The largest absolute Gasteiger partial charge is 0.497 e. The van der Waals surface area contributed by atoms with Crippen LogP contribution in [0, 0.1) is 0 Å². The standard InChI is InChI=1S/C23H28N4O5S/c1-31-18-12-17(13-19(14-18)32-2)25-23(28)8-11-26-16-24-21-15-20(6-7-22(21)26)33(29,30)27-9-4-3-5-10-27/h6-7,12-16H,3-5,8-11H2,1-2H3,(H,25,28). The summed E-state index contributed by atoms with van der Waals surface area (Å²) in [5.41, 5.74) is 1.95. The molecule has 1 fully saturated rings. The van der Waals surface area contributed by atoms with Crippen molar-refractivity contribution in [3.63, 3.8) is 0 Å². The van der Waals surface area contributed by atoms with E-state index in [1.807, 2.05) is 4.57 Å². The van der Waals surface area contributed by atoms with Gasteiger partial charge in [-0.25, -0.2) is 13.4 Å². The number of nitrogens with zero attached hydrogens (tertiary/aromatic N) is 3. The summed E-state index contributed by atoms with van der Waals surface area (Å²) in [4.78, 5) is 17.1. The first-order valence-electron chi connectivity index (χ1n) is 10.9. The number of hydrogen-bond donors (Lipinski definition) is 1. The van der Waals surface area contributed by atoms with Crippen molar-refractivity contribution in [1.82, 2.24) is 13.9 Å². The third-order valence-electron chi connectivity index (χ3n) is 5.76. The second-order valence-electron chi connectivity index (χ2n) is 7.95. The Bertz CT molecular complexity index is 1230. The van der Waals surface area contributed by atoms with Crippen LogP contribution < -0.4 is 14.8 Å². The van der Waals surface area contributed by atoms with E-state index in [2.05, 4.69) is 10.3 Å². The van der Waals surface area contributed by atoms with Crippen molar-refractivity contribution in [1.29, 1.82) is 0 Å². The summed E-state index contributed by atoms with van der Waals surface area (Å²) in [5, 5.41) is 2.85. The monoisotopic (exact) mass is 472 g/mol. The number of ether oxygens (including phenoxy) is 2. The van der Waals surface area contributed by atoms with Crippen LogP contribution in [0.15, 0.2) is 47.6 Å². The lowest BCUT2D eigenvalue weighted by Gasteiger charge is -2.25. The van der Waals surface area contributed by atoms with Crippen molar-refractivity contribution in [2.45, 2.75) is 37.1 Å². The first-order valence-corrected chi connectivity index (χ1v) is 12.3. The van der Waals surface area contributed by atoms with Crippen molar-refractivity contribution >= 4 is 32.7 Å². The number of hydrogen-bond acceptors (Lipinski definition) is 6. The highest BCUT2D eigenvalue weighted by Crippen LogP contribution is 2.26. The number of aryl methyl sites for hydroxylation is 1. The van der Waals surface area contributed by atoms with Gasteiger partial charge in [-0.1, -0.05) is 6.42 Å². The molecule has 1 aliphatic heterocycles. The molecule has 0 bridgehead atoms. The summed E-state index contributed by atoms with van der Waals surface area (Å²) in [6.45, 7) is 1.52. The Balaban J connectivity index is 1.44. The zero-order valence-corrected chi connectivity index (χ0v) is 19.6. The Kier molecular flexibility index (Phi) is 6.85. The Morgan fingerprint density at radius 2 is 1.73 bits per heavy atom. The minimum atomic E-state index is -3.52. The van der Waals surface area contributed by atoms with E-state index in [1.54, 1.807) is 61.3 Å². The highest BCUT2D eigenvalue weighted by Gasteiger charge is 2.26. The fraction of sp³-hybridized carbons (Fsp3) is 0.391. The lowest BCUT2D eigenvalue weighted by molar-refractivity contribution is -0.116. The average Bonchev–Trinajstić information content (AvgIpc) is 3.25.